The Morgan fingerprint density at radius 1 is 1.33 bits per heavy atom. The minimum atomic E-state index is -1.49. The third-order valence-corrected chi connectivity index (χ3v) is 3.63. The summed E-state index contributed by atoms with van der Waals surface area (Å²) in [5.41, 5.74) is -1.49. The lowest BCUT2D eigenvalue weighted by atomic mass is 9.94. The smallest absolute Gasteiger partial charge is 0.326 e. The minimum absolute atomic E-state index is 0.0854. The van der Waals surface area contributed by atoms with Gasteiger partial charge in [-0.2, -0.15) is 11.8 Å². The first-order valence-corrected chi connectivity index (χ1v) is 5.88. The van der Waals surface area contributed by atoms with E-state index in [2.05, 4.69) is 4.52 Å². The average molecular weight is 252 g/mol. The molecule has 6 heteroatoms. The largest absolute Gasteiger partial charge is 0.480 e. The van der Waals surface area contributed by atoms with Crippen LogP contribution in [0.3, 0.4) is 0 Å². The minimum Gasteiger partial charge on any atom is -0.480 e. The van der Waals surface area contributed by atoms with E-state index in [4.69, 9.17) is 5.11 Å². The molecule has 0 aliphatic carbocycles. The first-order chi connectivity index (χ1) is 6.63. The molecule has 0 amide bonds. The standard InChI is InChI=1S/C9H17O4PS/c1-8(2,3)15-5-9(4,6(10)11)7(12)13-14/h5,14H2,1-4H3,(H,10,11)/t9-/m0/s1. The van der Waals surface area contributed by atoms with Crippen LogP contribution in [0.4, 0.5) is 0 Å². The number of thioether (sulfide) groups is 1. The van der Waals surface area contributed by atoms with Crippen molar-refractivity contribution in [3.05, 3.63) is 0 Å². The molecule has 2 atom stereocenters. The summed E-state index contributed by atoms with van der Waals surface area (Å²) in [4.78, 5) is 22.4. The predicted octanol–water partition coefficient (Wildman–Crippen LogP) is 1.94. The Bertz CT molecular complexity index is 261. The van der Waals surface area contributed by atoms with E-state index in [0.29, 0.717) is 0 Å². The SMILES string of the molecule is CC(C)(C)SC[C@@](C)(C(=O)O)C(=O)OP. The summed E-state index contributed by atoms with van der Waals surface area (Å²) in [5.74, 6) is -1.71. The van der Waals surface area contributed by atoms with E-state index in [9.17, 15) is 9.59 Å². The molecule has 0 fully saturated rings. The molecule has 15 heavy (non-hydrogen) atoms. The Labute approximate surface area is 96.4 Å². The normalized spacial score (nSPS) is 15.5. The maximum Gasteiger partial charge on any atom is 0.326 e. The Kier molecular flexibility index (Phi) is 5.07. The maximum absolute atomic E-state index is 11.4. The van der Waals surface area contributed by atoms with Crippen LogP contribution in [0.5, 0.6) is 0 Å². The number of carboxylic acid groups (broad SMARTS) is 1. The molecule has 0 aliphatic rings. The van der Waals surface area contributed by atoms with E-state index in [0.717, 1.165) is 0 Å². The monoisotopic (exact) mass is 252 g/mol. The lowest BCUT2D eigenvalue weighted by Crippen LogP contribution is -2.40. The van der Waals surface area contributed by atoms with Crippen molar-refractivity contribution >= 4 is 33.2 Å². The molecule has 0 bridgehead atoms. The first-order valence-electron chi connectivity index (χ1n) is 4.42. The molecule has 0 aromatic carbocycles. The summed E-state index contributed by atoms with van der Waals surface area (Å²) in [7, 11) is 1.79. The number of rotatable bonds is 4. The molecule has 4 nitrogen and oxygen atoms in total. The van der Waals surface area contributed by atoms with Gasteiger partial charge >= 0.3 is 11.9 Å². The molecule has 0 rings (SSSR count). The molecule has 0 heterocycles. The van der Waals surface area contributed by atoms with Gasteiger partial charge in [0.05, 0.1) is 9.47 Å². The second-order valence-electron chi connectivity index (χ2n) is 4.44. The van der Waals surface area contributed by atoms with Gasteiger partial charge < -0.3 is 9.63 Å². The van der Waals surface area contributed by atoms with E-state index >= 15 is 0 Å². The predicted molar refractivity (Wildman–Crippen MR) is 63.8 cm³/mol. The number of aliphatic carboxylic acids is 1. The highest BCUT2D eigenvalue weighted by Crippen LogP contribution is 2.32. The number of hydrogen-bond acceptors (Lipinski definition) is 4. The number of carbonyl (C=O) groups excluding carboxylic acids is 1. The van der Waals surface area contributed by atoms with Gasteiger partial charge in [0.2, 0.25) is 0 Å². The summed E-state index contributed by atoms with van der Waals surface area (Å²) >= 11 is 1.42. The van der Waals surface area contributed by atoms with Crippen molar-refractivity contribution in [2.75, 3.05) is 5.75 Å². The summed E-state index contributed by atoms with van der Waals surface area (Å²) in [6.45, 7) is 7.27. The fraction of sp³-hybridized carbons (Fsp3) is 0.778. The number of carboxylic acids is 1. The summed E-state index contributed by atoms with van der Waals surface area (Å²) in [6.07, 6.45) is 0. The second-order valence-corrected chi connectivity index (χ2v) is 6.48. The van der Waals surface area contributed by atoms with Gasteiger partial charge in [-0.15, -0.1) is 0 Å². The van der Waals surface area contributed by atoms with Crippen molar-refractivity contribution in [1.82, 2.24) is 0 Å². The van der Waals surface area contributed by atoms with Gasteiger partial charge in [-0.25, -0.2) is 0 Å². The molecule has 0 spiro atoms. The summed E-state index contributed by atoms with van der Waals surface area (Å²) in [5, 5.41) is 9.01. The van der Waals surface area contributed by atoms with Crippen LogP contribution in [-0.4, -0.2) is 27.5 Å². The van der Waals surface area contributed by atoms with Crippen molar-refractivity contribution in [3.63, 3.8) is 0 Å². The van der Waals surface area contributed by atoms with Gasteiger partial charge in [0, 0.05) is 10.5 Å². The van der Waals surface area contributed by atoms with Gasteiger partial charge in [-0.1, -0.05) is 20.8 Å². The number of hydrogen-bond donors (Lipinski definition) is 1. The summed E-state index contributed by atoms with van der Waals surface area (Å²) in [6, 6.07) is 0. The van der Waals surface area contributed by atoms with Crippen LogP contribution in [-0.2, 0) is 14.1 Å². The van der Waals surface area contributed by atoms with Crippen LogP contribution in [0, 0.1) is 5.41 Å². The van der Waals surface area contributed by atoms with E-state index in [1.165, 1.54) is 18.7 Å². The second kappa shape index (κ2) is 5.17. The van der Waals surface area contributed by atoms with Crippen LogP contribution in [0.1, 0.15) is 27.7 Å². The van der Waals surface area contributed by atoms with Crippen molar-refractivity contribution < 1.29 is 19.2 Å². The molecule has 0 aromatic heterocycles. The molecule has 0 aliphatic heterocycles. The van der Waals surface area contributed by atoms with Crippen LogP contribution >= 0.6 is 21.2 Å². The van der Waals surface area contributed by atoms with E-state index in [1.807, 2.05) is 20.8 Å². The zero-order valence-corrected chi connectivity index (χ0v) is 11.3. The molecule has 0 aromatic rings. The molecule has 0 saturated heterocycles. The van der Waals surface area contributed by atoms with Gasteiger partial charge in [0.25, 0.3) is 0 Å². The van der Waals surface area contributed by atoms with Gasteiger partial charge in [-0.3, -0.25) is 9.59 Å². The Hall–Kier alpha value is -0.280. The highest BCUT2D eigenvalue weighted by Gasteiger charge is 2.43. The van der Waals surface area contributed by atoms with E-state index < -0.39 is 17.4 Å². The Morgan fingerprint density at radius 2 is 1.80 bits per heavy atom. The van der Waals surface area contributed by atoms with Crippen LogP contribution in [0.15, 0.2) is 0 Å². The fourth-order valence-electron chi connectivity index (χ4n) is 0.699. The Morgan fingerprint density at radius 3 is 2.07 bits per heavy atom. The maximum atomic E-state index is 11.4. The topological polar surface area (TPSA) is 63.6 Å². The number of carbonyl (C=O) groups is 2. The van der Waals surface area contributed by atoms with Crippen molar-refractivity contribution in [3.8, 4) is 0 Å². The lowest BCUT2D eigenvalue weighted by Gasteiger charge is -2.25. The molecule has 88 valence electrons. The zero-order chi connectivity index (χ0) is 12.3. The molecule has 0 saturated carbocycles. The van der Waals surface area contributed by atoms with Gasteiger partial charge in [0.15, 0.2) is 5.41 Å². The van der Waals surface area contributed by atoms with Crippen LogP contribution in [0.2, 0.25) is 0 Å². The first kappa shape index (κ1) is 14.7. The third-order valence-electron chi connectivity index (χ3n) is 1.82. The van der Waals surface area contributed by atoms with Crippen LogP contribution in [0.25, 0.3) is 0 Å². The summed E-state index contributed by atoms with van der Waals surface area (Å²) < 4.78 is 4.34. The highest BCUT2D eigenvalue weighted by atomic mass is 32.2. The van der Waals surface area contributed by atoms with Crippen molar-refractivity contribution in [2.24, 2.45) is 5.41 Å². The quantitative estimate of drug-likeness (QED) is 0.612. The van der Waals surface area contributed by atoms with Gasteiger partial charge in [-0.05, 0) is 6.92 Å². The van der Waals surface area contributed by atoms with E-state index in [1.54, 1.807) is 9.47 Å². The Balaban J connectivity index is 4.68. The lowest BCUT2D eigenvalue weighted by molar-refractivity contribution is -0.159. The fourth-order valence-corrected chi connectivity index (χ4v) is 1.92. The van der Waals surface area contributed by atoms with Crippen molar-refractivity contribution in [2.45, 2.75) is 32.4 Å². The molecule has 1 N–H and O–H groups in total. The molecular formula is C9H17O4PS. The average Bonchev–Trinajstić information content (AvgIpc) is 2.11. The molecule has 0 radical (unpaired) electrons. The molecule has 1 unspecified atom stereocenters. The highest BCUT2D eigenvalue weighted by molar-refractivity contribution is 8.00. The van der Waals surface area contributed by atoms with E-state index in [-0.39, 0.29) is 10.5 Å². The van der Waals surface area contributed by atoms with Gasteiger partial charge in [0.1, 0.15) is 0 Å². The van der Waals surface area contributed by atoms with Crippen molar-refractivity contribution in [1.29, 1.82) is 0 Å². The zero-order valence-electron chi connectivity index (χ0n) is 9.36. The molecular weight excluding hydrogens is 235 g/mol. The third kappa shape index (κ3) is 4.39. The van der Waals surface area contributed by atoms with Crippen LogP contribution < -0.4 is 0 Å².